The van der Waals surface area contributed by atoms with Gasteiger partial charge in [-0.1, -0.05) is 26.7 Å². The van der Waals surface area contributed by atoms with Crippen LogP contribution in [0.15, 0.2) is 0 Å². The van der Waals surface area contributed by atoms with Crippen molar-refractivity contribution in [2.24, 2.45) is 11.8 Å². The lowest BCUT2D eigenvalue weighted by molar-refractivity contribution is 0.104. The van der Waals surface area contributed by atoms with Crippen LogP contribution in [-0.2, 0) is 0 Å². The van der Waals surface area contributed by atoms with Crippen LogP contribution in [0, 0.1) is 11.8 Å². The third kappa shape index (κ3) is 5.41. The zero-order valence-corrected chi connectivity index (χ0v) is 13.4. The number of rotatable bonds is 8. The standard InChI is InChI=1S/C16H34N2O/c1-5-7-14-8-9-16(17-6-2)15(10-14)11-18(4)13(3)12-19/h13-17,19H,5-12H2,1-4H3. The lowest BCUT2D eigenvalue weighted by atomic mass is 9.76. The fourth-order valence-electron chi connectivity index (χ4n) is 3.45. The van der Waals surface area contributed by atoms with E-state index in [9.17, 15) is 5.11 Å². The Bertz CT molecular complexity index is 235. The molecule has 0 heterocycles. The van der Waals surface area contributed by atoms with Gasteiger partial charge in [-0.3, -0.25) is 0 Å². The Balaban J connectivity index is 2.55. The normalized spacial score (nSPS) is 29.7. The molecule has 0 radical (unpaired) electrons. The average molecular weight is 270 g/mol. The smallest absolute Gasteiger partial charge is 0.0584 e. The minimum Gasteiger partial charge on any atom is -0.395 e. The zero-order chi connectivity index (χ0) is 14.3. The molecule has 1 aliphatic carbocycles. The zero-order valence-electron chi connectivity index (χ0n) is 13.4. The second-order valence-corrected chi connectivity index (χ2v) is 6.36. The molecule has 0 amide bonds. The molecule has 0 spiro atoms. The van der Waals surface area contributed by atoms with Gasteiger partial charge in [-0.15, -0.1) is 0 Å². The first-order valence-electron chi connectivity index (χ1n) is 8.16. The van der Waals surface area contributed by atoms with E-state index in [2.05, 4.69) is 38.0 Å². The van der Waals surface area contributed by atoms with Gasteiger partial charge in [-0.25, -0.2) is 0 Å². The second-order valence-electron chi connectivity index (χ2n) is 6.36. The molecule has 1 saturated carbocycles. The second kappa shape index (κ2) is 8.93. The van der Waals surface area contributed by atoms with E-state index in [1.165, 1.54) is 32.1 Å². The van der Waals surface area contributed by atoms with Gasteiger partial charge in [0.2, 0.25) is 0 Å². The predicted octanol–water partition coefficient (Wildman–Crippen LogP) is 2.49. The van der Waals surface area contributed by atoms with E-state index in [0.29, 0.717) is 6.04 Å². The predicted molar refractivity (Wildman–Crippen MR) is 82.4 cm³/mol. The van der Waals surface area contributed by atoms with Crippen LogP contribution >= 0.6 is 0 Å². The average Bonchev–Trinajstić information content (AvgIpc) is 2.41. The van der Waals surface area contributed by atoms with E-state index in [0.717, 1.165) is 24.9 Å². The van der Waals surface area contributed by atoms with Crippen molar-refractivity contribution in [2.45, 2.75) is 65.0 Å². The molecule has 4 atom stereocenters. The third-order valence-electron chi connectivity index (χ3n) is 4.79. The van der Waals surface area contributed by atoms with Gasteiger partial charge in [0.05, 0.1) is 6.61 Å². The minimum atomic E-state index is 0.257. The first-order valence-corrected chi connectivity index (χ1v) is 8.16. The SMILES string of the molecule is CCCC1CCC(NCC)C(CN(C)C(C)CO)C1. The van der Waals surface area contributed by atoms with Gasteiger partial charge < -0.3 is 15.3 Å². The fourth-order valence-corrected chi connectivity index (χ4v) is 3.45. The Morgan fingerprint density at radius 1 is 1.32 bits per heavy atom. The number of aliphatic hydroxyl groups excluding tert-OH is 1. The summed E-state index contributed by atoms with van der Waals surface area (Å²) in [6, 6.07) is 0.945. The Morgan fingerprint density at radius 2 is 2.05 bits per heavy atom. The summed E-state index contributed by atoms with van der Waals surface area (Å²) in [6.07, 6.45) is 6.76. The maximum atomic E-state index is 9.28. The van der Waals surface area contributed by atoms with Gasteiger partial charge in [0, 0.05) is 18.6 Å². The van der Waals surface area contributed by atoms with Crippen LogP contribution in [-0.4, -0.2) is 48.8 Å². The summed E-state index contributed by atoms with van der Waals surface area (Å²) in [5.74, 6) is 1.66. The maximum absolute atomic E-state index is 9.28. The Morgan fingerprint density at radius 3 is 2.63 bits per heavy atom. The van der Waals surface area contributed by atoms with Crippen molar-refractivity contribution in [3.8, 4) is 0 Å². The van der Waals surface area contributed by atoms with Crippen molar-refractivity contribution >= 4 is 0 Å². The topological polar surface area (TPSA) is 35.5 Å². The molecule has 4 unspecified atom stereocenters. The van der Waals surface area contributed by atoms with Gasteiger partial charge in [0.1, 0.15) is 0 Å². The quantitative estimate of drug-likeness (QED) is 0.711. The lowest BCUT2D eigenvalue weighted by Gasteiger charge is -2.39. The van der Waals surface area contributed by atoms with E-state index in [1.807, 2.05) is 0 Å². The molecule has 1 aliphatic rings. The van der Waals surface area contributed by atoms with Crippen LogP contribution < -0.4 is 5.32 Å². The van der Waals surface area contributed by atoms with Crippen LogP contribution in [0.1, 0.15) is 52.9 Å². The highest BCUT2D eigenvalue weighted by atomic mass is 16.3. The summed E-state index contributed by atoms with van der Waals surface area (Å²) >= 11 is 0. The highest BCUT2D eigenvalue weighted by Crippen LogP contribution is 2.32. The van der Waals surface area contributed by atoms with Gasteiger partial charge in [-0.2, -0.15) is 0 Å². The summed E-state index contributed by atoms with van der Waals surface area (Å²) in [6.45, 7) is 9.04. The molecule has 0 saturated heterocycles. The van der Waals surface area contributed by atoms with Crippen molar-refractivity contribution in [3.63, 3.8) is 0 Å². The van der Waals surface area contributed by atoms with Crippen LogP contribution in [0.3, 0.4) is 0 Å². The van der Waals surface area contributed by atoms with Gasteiger partial charge >= 0.3 is 0 Å². The highest BCUT2D eigenvalue weighted by Gasteiger charge is 2.30. The molecule has 2 N–H and O–H groups in total. The number of hydrogen-bond acceptors (Lipinski definition) is 3. The highest BCUT2D eigenvalue weighted by molar-refractivity contribution is 4.86. The first-order chi connectivity index (χ1) is 9.12. The van der Waals surface area contributed by atoms with E-state index in [-0.39, 0.29) is 12.6 Å². The molecule has 1 rings (SSSR count). The molecule has 1 fully saturated rings. The van der Waals surface area contributed by atoms with Crippen molar-refractivity contribution in [1.29, 1.82) is 0 Å². The molecule has 0 aromatic carbocycles. The van der Waals surface area contributed by atoms with Crippen LogP contribution in [0.2, 0.25) is 0 Å². The number of hydrogen-bond donors (Lipinski definition) is 2. The Labute approximate surface area is 119 Å². The van der Waals surface area contributed by atoms with E-state index in [1.54, 1.807) is 0 Å². The summed E-state index contributed by atoms with van der Waals surface area (Å²) < 4.78 is 0. The maximum Gasteiger partial charge on any atom is 0.0584 e. The minimum absolute atomic E-state index is 0.257. The summed E-state index contributed by atoms with van der Waals surface area (Å²) in [5.41, 5.74) is 0. The monoisotopic (exact) mass is 270 g/mol. The van der Waals surface area contributed by atoms with Gasteiger partial charge in [0.15, 0.2) is 0 Å². The van der Waals surface area contributed by atoms with Crippen molar-refractivity contribution in [1.82, 2.24) is 10.2 Å². The van der Waals surface area contributed by atoms with Gasteiger partial charge in [-0.05, 0) is 51.6 Å². The molecular weight excluding hydrogens is 236 g/mol. The Kier molecular flexibility index (Phi) is 7.96. The summed E-state index contributed by atoms with van der Waals surface area (Å²) in [4.78, 5) is 2.32. The molecule has 0 aromatic rings. The third-order valence-corrected chi connectivity index (χ3v) is 4.79. The van der Waals surface area contributed by atoms with Crippen LogP contribution in [0.5, 0.6) is 0 Å². The van der Waals surface area contributed by atoms with Gasteiger partial charge in [0.25, 0.3) is 0 Å². The molecule has 3 heteroatoms. The number of nitrogens with one attached hydrogen (secondary N) is 1. The number of likely N-dealkylation sites (N-methyl/N-ethyl adjacent to an activating group) is 1. The van der Waals surface area contributed by atoms with E-state index in [4.69, 9.17) is 0 Å². The number of nitrogens with zero attached hydrogens (tertiary/aromatic N) is 1. The summed E-state index contributed by atoms with van der Waals surface area (Å²) in [7, 11) is 2.15. The van der Waals surface area contributed by atoms with E-state index < -0.39 is 0 Å². The molecule has 19 heavy (non-hydrogen) atoms. The molecule has 0 aromatic heterocycles. The molecule has 3 nitrogen and oxygen atoms in total. The molecule has 0 aliphatic heterocycles. The van der Waals surface area contributed by atoms with E-state index >= 15 is 0 Å². The fraction of sp³-hybridized carbons (Fsp3) is 1.00. The summed E-state index contributed by atoms with van der Waals surface area (Å²) in [5, 5.41) is 13.0. The molecular formula is C16H34N2O. The lowest BCUT2D eigenvalue weighted by Crippen LogP contribution is -2.47. The number of aliphatic hydroxyl groups is 1. The van der Waals surface area contributed by atoms with Crippen molar-refractivity contribution < 1.29 is 5.11 Å². The Hall–Kier alpha value is -0.120. The van der Waals surface area contributed by atoms with Crippen molar-refractivity contribution in [2.75, 3.05) is 26.7 Å². The van der Waals surface area contributed by atoms with Crippen LogP contribution in [0.25, 0.3) is 0 Å². The first kappa shape index (κ1) is 16.9. The molecule has 0 bridgehead atoms. The van der Waals surface area contributed by atoms with Crippen molar-refractivity contribution in [3.05, 3.63) is 0 Å². The van der Waals surface area contributed by atoms with Crippen LogP contribution in [0.4, 0.5) is 0 Å². The largest absolute Gasteiger partial charge is 0.395 e. The molecule has 114 valence electrons.